The molecule has 1 aliphatic rings. The van der Waals surface area contributed by atoms with Gasteiger partial charge in [-0.2, -0.15) is 0 Å². The van der Waals surface area contributed by atoms with Gasteiger partial charge in [-0.05, 0) is 12.5 Å². The number of benzene rings is 1. The molecule has 1 fully saturated rings. The van der Waals surface area contributed by atoms with Crippen molar-refractivity contribution in [2.45, 2.75) is 13.0 Å². The van der Waals surface area contributed by atoms with Gasteiger partial charge in [0, 0.05) is 32.7 Å². The molecule has 1 saturated heterocycles. The summed E-state index contributed by atoms with van der Waals surface area (Å²) < 4.78 is 0. The number of piperazine rings is 1. The average molecular weight is 278 g/mol. The highest BCUT2D eigenvalue weighted by molar-refractivity contribution is 5.77. The zero-order valence-electron chi connectivity index (χ0n) is 11.8. The first-order valence-electron chi connectivity index (χ1n) is 6.96. The fraction of sp³-hybridized carbons (Fsp3) is 0.533. The molecule has 20 heavy (non-hydrogen) atoms. The van der Waals surface area contributed by atoms with Crippen molar-refractivity contribution in [3.8, 4) is 0 Å². The van der Waals surface area contributed by atoms with Crippen LogP contribution >= 0.6 is 0 Å². The molecule has 1 atom stereocenters. The monoisotopic (exact) mass is 278 g/mol. The van der Waals surface area contributed by atoms with Crippen molar-refractivity contribution in [2.24, 2.45) is 0 Å². The van der Waals surface area contributed by atoms with Crippen LogP contribution < -0.4 is 0 Å². The van der Waals surface area contributed by atoms with E-state index in [-0.39, 0.29) is 5.91 Å². The molecule has 0 spiro atoms. The third-order valence-corrected chi connectivity index (χ3v) is 3.75. The maximum Gasteiger partial charge on any atom is 0.248 e. The fourth-order valence-corrected chi connectivity index (χ4v) is 2.42. The summed E-state index contributed by atoms with van der Waals surface area (Å²) >= 11 is 0. The van der Waals surface area contributed by atoms with Crippen LogP contribution in [0.2, 0.25) is 0 Å². The normalized spacial score (nSPS) is 18.1. The fourth-order valence-electron chi connectivity index (χ4n) is 2.42. The number of aryl methyl sites for hydroxylation is 1. The van der Waals surface area contributed by atoms with Crippen LogP contribution in [-0.2, 0) is 4.79 Å². The predicted molar refractivity (Wildman–Crippen MR) is 76.2 cm³/mol. The van der Waals surface area contributed by atoms with Crippen LogP contribution in [0.1, 0.15) is 17.2 Å². The van der Waals surface area contributed by atoms with Gasteiger partial charge in [-0.15, -0.1) is 0 Å². The Kier molecular flexibility index (Phi) is 5.11. The van der Waals surface area contributed by atoms with E-state index < -0.39 is 12.7 Å². The number of carbonyl (C=O) groups excluding carboxylic acids is 1. The summed E-state index contributed by atoms with van der Waals surface area (Å²) in [6, 6.07) is 7.89. The molecule has 0 saturated carbocycles. The van der Waals surface area contributed by atoms with Crippen LogP contribution in [0.4, 0.5) is 0 Å². The second-order valence-electron chi connectivity index (χ2n) is 5.27. The maximum atomic E-state index is 11.4. The maximum absolute atomic E-state index is 11.4. The minimum atomic E-state index is -0.504. The van der Waals surface area contributed by atoms with Crippen molar-refractivity contribution in [3.05, 3.63) is 35.4 Å². The zero-order valence-corrected chi connectivity index (χ0v) is 11.8. The highest BCUT2D eigenvalue weighted by Gasteiger charge is 2.22. The molecule has 1 aromatic carbocycles. The smallest absolute Gasteiger partial charge is 0.248 e. The number of aliphatic hydroxyl groups is 2. The second kappa shape index (κ2) is 6.83. The third kappa shape index (κ3) is 3.79. The molecule has 1 amide bonds. The first-order chi connectivity index (χ1) is 9.60. The Bertz CT molecular complexity index is 439. The van der Waals surface area contributed by atoms with Gasteiger partial charge in [-0.25, -0.2) is 0 Å². The molecular formula is C15H22N2O3. The summed E-state index contributed by atoms with van der Waals surface area (Å²) in [5.41, 5.74) is 2.10. The first kappa shape index (κ1) is 15.0. The van der Waals surface area contributed by atoms with E-state index in [4.69, 9.17) is 5.11 Å². The van der Waals surface area contributed by atoms with Gasteiger partial charge in [0.15, 0.2) is 0 Å². The molecule has 5 heteroatoms. The number of aliphatic hydroxyl groups excluding tert-OH is 2. The molecule has 1 heterocycles. The summed E-state index contributed by atoms with van der Waals surface area (Å²) in [7, 11) is 0. The van der Waals surface area contributed by atoms with Crippen LogP contribution in [-0.4, -0.2) is 65.3 Å². The number of carbonyl (C=O) groups is 1. The number of nitrogens with zero attached hydrogens (tertiary/aromatic N) is 2. The van der Waals surface area contributed by atoms with Crippen molar-refractivity contribution in [2.75, 3.05) is 39.3 Å². The average Bonchev–Trinajstić information content (AvgIpc) is 2.48. The highest BCUT2D eigenvalue weighted by atomic mass is 16.3. The molecule has 5 nitrogen and oxygen atoms in total. The van der Waals surface area contributed by atoms with Gasteiger partial charge in [0.25, 0.3) is 0 Å². The summed E-state index contributed by atoms with van der Waals surface area (Å²) in [6.07, 6.45) is -0.504. The summed E-state index contributed by atoms with van der Waals surface area (Å²) in [4.78, 5) is 15.2. The molecule has 0 radical (unpaired) electrons. The minimum absolute atomic E-state index is 0.219. The Hall–Kier alpha value is -1.43. The Labute approximate surface area is 119 Å². The van der Waals surface area contributed by atoms with Gasteiger partial charge in [0.1, 0.15) is 6.61 Å². The van der Waals surface area contributed by atoms with Crippen molar-refractivity contribution in [3.63, 3.8) is 0 Å². The van der Waals surface area contributed by atoms with Gasteiger partial charge in [-0.3, -0.25) is 9.69 Å². The second-order valence-corrected chi connectivity index (χ2v) is 5.27. The van der Waals surface area contributed by atoms with Gasteiger partial charge < -0.3 is 15.1 Å². The van der Waals surface area contributed by atoms with E-state index >= 15 is 0 Å². The molecule has 0 aliphatic carbocycles. The van der Waals surface area contributed by atoms with Crippen LogP contribution in [0.5, 0.6) is 0 Å². The van der Waals surface area contributed by atoms with E-state index in [2.05, 4.69) is 4.90 Å². The number of hydrogen-bond donors (Lipinski definition) is 2. The van der Waals surface area contributed by atoms with Crippen molar-refractivity contribution in [1.82, 2.24) is 9.80 Å². The van der Waals surface area contributed by atoms with Gasteiger partial charge in [0.05, 0.1) is 6.10 Å². The Balaban J connectivity index is 1.83. The lowest BCUT2D eigenvalue weighted by Crippen LogP contribution is -2.50. The number of hydrogen-bond acceptors (Lipinski definition) is 4. The minimum Gasteiger partial charge on any atom is -0.387 e. The molecule has 2 N–H and O–H groups in total. The van der Waals surface area contributed by atoms with E-state index in [1.807, 2.05) is 31.2 Å². The Morgan fingerprint density at radius 1 is 1.20 bits per heavy atom. The van der Waals surface area contributed by atoms with Crippen LogP contribution in [0, 0.1) is 6.92 Å². The van der Waals surface area contributed by atoms with E-state index in [9.17, 15) is 9.90 Å². The van der Waals surface area contributed by atoms with Gasteiger partial charge >= 0.3 is 0 Å². The standard InChI is InChI=1S/C15H22N2O3/c1-12-2-4-13(5-3-12)14(19)10-16-6-8-17(9-7-16)15(20)11-18/h2-5,14,18-19H,6-11H2,1H3. The lowest BCUT2D eigenvalue weighted by atomic mass is 10.1. The molecular weight excluding hydrogens is 256 g/mol. The van der Waals surface area contributed by atoms with Gasteiger partial charge in [0.2, 0.25) is 5.91 Å². The van der Waals surface area contributed by atoms with E-state index in [1.54, 1.807) is 4.90 Å². The van der Waals surface area contributed by atoms with Gasteiger partial charge in [-0.1, -0.05) is 29.8 Å². The summed E-state index contributed by atoms with van der Waals surface area (Å²) in [5, 5.41) is 19.0. The quantitative estimate of drug-likeness (QED) is 0.824. The van der Waals surface area contributed by atoms with E-state index in [0.29, 0.717) is 19.6 Å². The lowest BCUT2D eigenvalue weighted by molar-refractivity contribution is -0.136. The first-order valence-corrected chi connectivity index (χ1v) is 6.96. The van der Waals surface area contributed by atoms with Crippen molar-refractivity contribution in [1.29, 1.82) is 0 Å². The van der Waals surface area contributed by atoms with E-state index in [1.165, 1.54) is 5.56 Å². The Morgan fingerprint density at radius 3 is 2.35 bits per heavy atom. The lowest BCUT2D eigenvalue weighted by Gasteiger charge is -2.35. The number of β-amino-alcohol motifs (C(OH)–C–C–N with tert-alkyl or cyclic N) is 1. The molecule has 1 unspecified atom stereocenters. The van der Waals surface area contributed by atoms with Crippen LogP contribution in [0.3, 0.4) is 0 Å². The summed E-state index contributed by atoms with van der Waals surface area (Å²) in [5.74, 6) is -0.219. The largest absolute Gasteiger partial charge is 0.387 e. The molecule has 2 rings (SSSR count). The van der Waals surface area contributed by atoms with E-state index in [0.717, 1.165) is 18.7 Å². The zero-order chi connectivity index (χ0) is 14.5. The summed E-state index contributed by atoms with van der Waals surface area (Å²) in [6.45, 7) is 4.85. The highest BCUT2D eigenvalue weighted by Crippen LogP contribution is 2.16. The molecule has 0 bridgehead atoms. The van der Waals surface area contributed by atoms with Crippen LogP contribution in [0.15, 0.2) is 24.3 Å². The topological polar surface area (TPSA) is 64.0 Å². The molecule has 0 aromatic heterocycles. The number of amides is 1. The molecule has 110 valence electrons. The Morgan fingerprint density at radius 2 is 1.80 bits per heavy atom. The number of rotatable bonds is 4. The van der Waals surface area contributed by atoms with Crippen molar-refractivity contribution < 1.29 is 15.0 Å². The van der Waals surface area contributed by atoms with Crippen LogP contribution in [0.25, 0.3) is 0 Å². The van der Waals surface area contributed by atoms with Crippen molar-refractivity contribution >= 4 is 5.91 Å². The predicted octanol–water partition coefficient (Wildman–Crippen LogP) is 0.165. The third-order valence-electron chi connectivity index (χ3n) is 3.75. The molecule has 1 aliphatic heterocycles. The SMILES string of the molecule is Cc1ccc(C(O)CN2CCN(C(=O)CO)CC2)cc1. The molecule has 1 aromatic rings.